The molecule has 1 amide bonds. The molecule has 2 heterocycles. The fourth-order valence-electron chi connectivity index (χ4n) is 3.03. The molecular formula is C22H20ClN5O. The molecule has 146 valence electrons. The van der Waals surface area contributed by atoms with E-state index in [1.165, 1.54) is 23.5 Å². The van der Waals surface area contributed by atoms with E-state index in [4.69, 9.17) is 11.6 Å². The minimum absolute atomic E-state index is 0.213. The average Bonchev–Trinajstić information content (AvgIpc) is 3.10. The molecule has 0 atom stereocenters. The molecule has 4 aromatic rings. The number of aromatic nitrogens is 4. The number of fused-ring (bicyclic) bond motifs is 1. The molecular weight excluding hydrogens is 386 g/mol. The van der Waals surface area contributed by atoms with E-state index in [2.05, 4.69) is 51.2 Å². The lowest BCUT2D eigenvalue weighted by molar-refractivity contribution is 0.0953. The lowest BCUT2D eigenvalue weighted by atomic mass is 10.1. The Kier molecular flexibility index (Phi) is 5.27. The molecule has 7 heteroatoms. The second kappa shape index (κ2) is 8.01. The van der Waals surface area contributed by atoms with Gasteiger partial charge in [0.1, 0.15) is 5.82 Å². The normalized spacial score (nSPS) is 11.0. The summed E-state index contributed by atoms with van der Waals surface area (Å²) in [6.45, 7) is 4.62. The first-order chi connectivity index (χ1) is 14.0. The van der Waals surface area contributed by atoms with Crippen LogP contribution >= 0.6 is 11.6 Å². The van der Waals surface area contributed by atoms with Gasteiger partial charge in [0.25, 0.3) is 5.91 Å². The number of benzene rings is 2. The summed E-state index contributed by atoms with van der Waals surface area (Å²) in [6, 6.07) is 11.4. The van der Waals surface area contributed by atoms with Gasteiger partial charge in [0.05, 0.1) is 16.6 Å². The molecule has 0 fully saturated rings. The monoisotopic (exact) mass is 405 g/mol. The highest BCUT2D eigenvalue weighted by Crippen LogP contribution is 2.18. The second-order valence-electron chi connectivity index (χ2n) is 6.95. The van der Waals surface area contributed by atoms with E-state index in [1.807, 2.05) is 12.1 Å². The number of amides is 1. The van der Waals surface area contributed by atoms with Gasteiger partial charge in [-0.1, -0.05) is 11.6 Å². The van der Waals surface area contributed by atoms with Gasteiger partial charge in [-0.25, -0.2) is 15.0 Å². The lowest BCUT2D eigenvalue weighted by Crippen LogP contribution is -2.26. The number of rotatable bonds is 5. The van der Waals surface area contributed by atoms with Crippen molar-refractivity contribution < 1.29 is 4.79 Å². The number of imidazole rings is 1. The van der Waals surface area contributed by atoms with E-state index in [1.54, 1.807) is 12.1 Å². The molecule has 0 aliphatic heterocycles. The minimum atomic E-state index is -0.213. The summed E-state index contributed by atoms with van der Waals surface area (Å²) >= 11 is 5.89. The molecule has 6 nitrogen and oxygen atoms in total. The summed E-state index contributed by atoms with van der Waals surface area (Å²) in [4.78, 5) is 28.8. The Morgan fingerprint density at radius 1 is 1.07 bits per heavy atom. The molecule has 0 radical (unpaired) electrons. The van der Waals surface area contributed by atoms with Crippen molar-refractivity contribution >= 4 is 28.5 Å². The number of aromatic amines is 1. The van der Waals surface area contributed by atoms with Gasteiger partial charge < -0.3 is 10.3 Å². The lowest BCUT2D eigenvalue weighted by Gasteiger charge is -2.05. The number of hydrogen-bond acceptors (Lipinski definition) is 4. The van der Waals surface area contributed by atoms with Crippen LogP contribution in [0, 0.1) is 13.8 Å². The van der Waals surface area contributed by atoms with Gasteiger partial charge in [-0.15, -0.1) is 0 Å². The highest BCUT2D eigenvalue weighted by molar-refractivity contribution is 6.30. The number of carbonyl (C=O) groups excluding carboxylic acids is 1. The van der Waals surface area contributed by atoms with Crippen LogP contribution in [0.3, 0.4) is 0 Å². The predicted octanol–water partition coefficient (Wildman–Crippen LogP) is 4.26. The average molecular weight is 406 g/mol. The zero-order valence-corrected chi connectivity index (χ0v) is 16.9. The van der Waals surface area contributed by atoms with Gasteiger partial charge in [0.15, 0.2) is 5.82 Å². The number of aryl methyl sites for hydroxylation is 2. The fourth-order valence-corrected chi connectivity index (χ4v) is 3.16. The Morgan fingerprint density at radius 2 is 1.76 bits per heavy atom. The molecule has 2 aromatic heterocycles. The van der Waals surface area contributed by atoms with Gasteiger partial charge in [-0.3, -0.25) is 4.79 Å². The van der Waals surface area contributed by atoms with Crippen LogP contribution in [-0.2, 0) is 6.42 Å². The second-order valence-corrected chi connectivity index (χ2v) is 7.38. The Hall–Kier alpha value is -3.25. The molecule has 4 rings (SSSR count). The topological polar surface area (TPSA) is 83.6 Å². The zero-order valence-electron chi connectivity index (χ0n) is 16.2. The van der Waals surface area contributed by atoms with Crippen molar-refractivity contribution in [1.82, 2.24) is 25.3 Å². The van der Waals surface area contributed by atoms with Crippen LogP contribution < -0.4 is 5.32 Å². The highest BCUT2D eigenvalue weighted by atomic mass is 35.5. The smallest absolute Gasteiger partial charge is 0.254 e. The molecule has 0 saturated carbocycles. The van der Waals surface area contributed by atoms with Crippen molar-refractivity contribution in [3.63, 3.8) is 0 Å². The number of hydrogen-bond donors (Lipinski definition) is 2. The Morgan fingerprint density at radius 3 is 2.48 bits per heavy atom. The van der Waals surface area contributed by atoms with Gasteiger partial charge in [0.2, 0.25) is 0 Å². The highest BCUT2D eigenvalue weighted by Gasteiger charge is 2.09. The molecule has 0 aliphatic rings. The fraction of sp³-hybridized carbons (Fsp3) is 0.182. The van der Waals surface area contributed by atoms with Crippen LogP contribution in [-0.4, -0.2) is 32.4 Å². The van der Waals surface area contributed by atoms with E-state index in [-0.39, 0.29) is 5.91 Å². The van der Waals surface area contributed by atoms with Gasteiger partial charge in [0, 0.05) is 35.9 Å². The van der Waals surface area contributed by atoms with E-state index in [0.717, 1.165) is 22.4 Å². The summed E-state index contributed by atoms with van der Waals surface area (Å²) in [5, 5.41) is 3.54. The summed E-state index contributed by atoms with van der Waals surface area (Å²) in [5.41, 5.74) is 5.66. The number of halogens is 1. The SMILES string of the molecule is Cc1cc2nc(CCNC(=O)c3cnc(-c4ccc(Cl)cc4)nc3)[nH]c2cc1C. The third-order valence-electron chi connectivity index (χ3n) is 4.81. The molecule has 0 spiro atoms. The standard InChI is InChI=1S/C22H20ClN5O/c1-13-9-18-19(10-14(13)2)28-20(27-18)7-8-24-22(29)16-11-25-21(26-12-16)15-3-5-17(23)6-4-15/h3-6,9-12H,7-8H2,1-2H3,(H,24,29)(H,27,28). The Labute approximate surface area is 173 Å². The predicted molar refractivity (Wildman–Crippen MR) is 114 cm³/mol. The maximum absolute atomic E-state index is 12.3. The minimum Gasteiger partial charge on any atom is -0.351 e. The summed E-state index contributed by atoms with van der Waals surface area (Å²) in [7, 11) is 0. The number of nitrogens with one attached hydrogen (secondary N) is 2. The third-order valence-corrected chi connectivity index (χ3v) is 5.06. The third kappa shape index (κ3) is 4.27. The molecule has 0 unspecified atom stereocenters. The van der Waals surface area contributed by atoms with Crippen molar-refractivity contribution in [3.05, 3.63) is 76.3 Å². The largest absolute Gasteiger partial charge is 0.351 e. The van der Waals surface area contributed by atoms with Crippen molar-refractivity contribution in [2.45, 2.75) is 20.3 Å². The number of carbonyl (C=O) groups is 1. The van der Waals surface area contributed by atoms with Crippen molar-refractivity contribution in [1.29, 1.82) is 0 Å². The van der Waals surface area contributed by atoms with E-state index in [0.29, 0.717) is 29.4 Å². The van der Waals surface area contributed by atoms with Crippen LogP contribution in [0.15, 0.2) is 48.8 Å². The molecule has 0 saturated heterocycles. The van der Waals surface area contributed by atoms with Crippen molar-refractivity contribution in [3.8, 4) is 11.4 Å². The zero-order chi connectivity index (χ0) is 20.4. The number of nitrogens with zero attached hydrogens (tertiary/aromatic N) is 3. The van der Waals surface area contributed by atoms with Crippen LogP contribution in [0.25, 0.3) is 22.4 Å². The molecule has 2 aromatic carbocycles. The van der Waals surface area contributed by atoms with Gasteiger partial charge in [-0.2, -0.15) is 0 Å². The van der Waals surface area contributed by atoms with Crippen LogP contribution in [0.4, 0.5) is 0 Å². The Bertz CT molecular complexity index is 1130. The summed E-state index contributed by atoms with van der Waals surface area (Å²) in [6.07, 6.45) is 3.67. The molecule has 29 heavy (non-hydrogen) atoms. The molecule has 2 N–H and O–H groups in total. The summed E-state index contributed by atoms with van der Waals surface area (Å²) < 4.78 is 0. The summed E-state index contributed by atoms with van der Waals surface area (Å²) in [5.74, 6) is 1.18. The first-order valence-electron chi connectivity index (χ1n) is 9.31. The van der Waals surface area contributed by atoms with Crippen LogP contribution in [0.5, 0.6) is 0 Å². The van der Waals surface area contributed by atoms with Gasteiger partial charge in [-0.05, 0) is 61.4 Å². The van der Waals surface area contributed by atoms with Crippen molar-refractivity contribution in [2.24, 2.45) is 0 Å². The van der Waals surface area contributed by atoms with Gasteiger partial charge >= 0.3 is 0 Å². The maximum atomic E-state index is 12.3. The van der Waals surface area contributed by atoms with E-state index in [9.17, 15) is 4.79 Å². The number of H-pyrrole nitrogens is 1. The maximum Gasteiger partial charge on any atom is 0.254 e. The molecule has 0 aliphatic carbocycles. The first kappa shape index (κ1) is 19.1. The van der Waals surface area contributed by atoms with Crippen molar-refractivity contribution in [2.75, 3.05) is 6.54 Å². The van der Waals surface area contributed by atoms with E-state index >= 15 is 0 Å². The van der Waals surface area contributed by atoms with Crippen LogP contribution in [0.2, 0.25) is 5.02 Å². The van der Waals surface area contributed by atoms with E-state index < -0.39 is 0 Å². The quantitative estimate of drug-likeness (QED) is 0.519. The van der Waals surface area contributed by atoms with Crippen LogP contribution in [0.1, 0.15) is 27.3 Å². The molecule has 0 bridgehead atoms. The first-order valence-corrected chi connectivity index (χ1v) is 9.69. The Balaban J connectivity index is 1.36.